The number of hydrogen-bond acceptors (Lipinski definition) is 4. The van der Waals surface area contributed by atoms with Gasteiger partial charge in [-0.25, -0.2) is 4.79 Å². The topological polar surface area (TPSA) is 77.4 Å². The molecule has 3 aromatic rings. The highest BCUT2D eigenvalue weighted by Gasteiger charge is 2.30. The quantitative estimate of drug-likeness (QED) is 0.659. The fraction of sp³-hybridized carbons (Fsp3) is 0.200. The van der Waals surface area contributed by atoms with E-state index >= 15 is 0 Å². The number of alkyl halides is 3. The van der Waals surface area contributed by atoms with E-state index in [0.29, 0.717) is 30.3 Å². The van der Waals surface area contributed by atoms with Crippen LogP contribution in [0.5, 0.6) is 11.5 Å². The molecule has 1 aliphatic heterocycles. The van der Waals surface area contributed by atoms with Gasteiger partial charge in [-0.1, -0.05) is 18.2 Å². The molecule has 2 N–H and O–H groups in total. The van der Waals surface area contributed by atoms with Gasteiger partial charge in [-0.3, -0.25) is 4.68 Å². The van der Waals surface area contributed by atoms with Gasteiger partial charge >= 0.3 is 12.2 Å². The van der Waals surface area contributed by atoms with Gasteiger partial charge in [0.1, 0.15) is 6.61 Å². The summed E-state index contributed by atoms with van der Waals surface area (Å²) >= 11 is 0. The number of aromatic nitrogens is 2. The lowest BCUT2D eigenvalue weighted by molar-refractivity contribution is -0.137. The van der Waals surface area contributed by atoms with Crippen molar-refractivity contribution in [3.63, 3.8) is 0 Å². The van der Waals surface area contributed by atoms with Crippen molar-refractivity contribution >= 4 is 17.4 Å². The SMILES string of the molecule is O=C(Nc1cccc(C(F)(F)F)c1)Nc1cnn(CC2COc3ccccc3O2)c1. The van der Waals surface area contributed by atoms with E-state index in [1.807, 2.05) is 24.3 Å². The van der Waals surface area contributed by atoms with Crippen LogP contribution in [-0.2, 0) is 12.7 Å². The monoisotopic (exact) mass is 418 g/mol. The maximum absolute atomic E-state index is 12.8. The minimum absolute atomic E-state index is 0.0288. The largest absolute Gasteiger partial charge is 0.486 e. The standard InChI is InChI=1S/C20H17F3N4O3/c21-20(22,23)13-4-3-5-14(8-13)25-19(28)26-15-9-24-27(10-15)11-16-12-29-17-6-1-2-7-18(17)30-16/h1-10,16H,11-12H2,(H2,25,26,28). The third-order valence-corrected chi connectivity index (χ3v) is 4.30. The molecular formula is C20H17F3N4O3. The molecule has 7 nitrogen and oxygen atoms in total. The Labute approximate surface area is 169 Å². The third-order valence-electron chi connectivity index (χ3n) is 4.30. The number of anilines is 2. The molecule has 1 aromatic heterocycles. The molecule has 0 aliphatic carbocycles. The van der Waals surface area contributed by atoms with E-state index in [0.717, 1.165) is 12.1 Å². The minimum Gasteiger partial charge on any atom is -0.486 e. The van der Waals surface area contributed by atoms with Crippen LogP contribution in [0.25, 0.3) is 0 Å². The van der Waals surface area contributed by atoms with Gasteiger partial charge in [-0.05, 0) is 30.3 Å². The number of urea groups is 1. The van der Waals surface area contributed by atoms with Gasteiger partial charge in [0.15, 0.2) is 17.6 Å². The Morgan fingerprint density at radius 1 is 1.10 bits per heavy atom. The molecule has 2 heterocycles. The first-order valence-corrected chi connectivity index (χ1v) is 9.03. The molecule has 30 heavy (non-hydrogen) atoms. The van der Waals surface area contributed by atoms with Crippen molar-refractivity contribution in [2.75, 3.05) is 17.2 Å². The summed E-state index contributed by atoms with van der Waals surface area (Å²) in [5, 5.41) is 9.07. The Balaban J connectivity index is 1.33. The molecule has 10 heteroatoms. The number of carbonyl (C=O) groups excluding carboxylic acids is 1. The number of fused-ring (bicyclic) bond motifs is 1. The Bertz CT molecular complexity index is 1050. The molecule has 1 atom stereocenters. The number of nitrogens with zero attached hydrogens (tertiary/aromatic N) is 2. The zero-order valence-corrected chi connectivity index (χ0v) is 15.5. The third kappa shape index (κ3) is 4.65. The molecule has 2 aromatic carbocycles. The first kappa shape index (κ1) is 19.6. The number of rotatable bonds is 4. The van der Waals surface area contributed by atoms with E-state index in [4.69, 9.17) is 9.47 Å². The summed E-state index contributed by atoms with van der Waals surface area (Å²) in [6, 6.07) is 11.1. The van der Waals surface area contributed by atoms with E-state index in [-0.39, 0.29) is 11.8 Å². The molecule has 156 valence electrons. The second-order valence-corrected chi connectivity index (χ2v) is 6.61. The Hall–Kier alpha value is -3.69. The highest BCUT2D eigenvalue weighted by atomic mass is 19.4. The van der Waals surface area contributed by atoms with Crippen LogP contribution < -0.4 is 20.1 Å². The Morgan fingerprint density at radius 2 is 1.87 bits per heavy atom. The summed E-state index contributed by atoms with van der Waals surface area (Å²) in [5.41, 5.74) is -0.429. The van der Waals surface area contributed by atoms with Gasteiger partial charge in [-0.15, -0.1) is 0 Å². The summed E-state index contributed by atoms with van der Waals surface area (Å²) in [5.74, 6) is 1.34. The zero-order chi connectivity index (χ0) is 21.1. The Kier molecular flexibility index (Phi) is 5.21. The van der Waals surface area contributed by atoms with Gasteiger partial charge in [0.05, 0.1) is 24.0 Å². The maximum atomic E-state index is 12.8. The highest BCUT2D eigenvalue weighted by molar-refractivity contribution is 5.99. The van der Waals surface area contributed by atoms with Gasteiger partial charge in [0, 0.05) is 11.9 Å². The van der Waals surface area contributed by atoms with E-state index < -0.39 is 17.8 Å². The lowest BCUT2D eigenvalue weighted by Gasteiger charge is -2.26. The van der Waals surface area contributed by atoms with Crippen LogP contribution >= 0.6 is 0 Å². The average molecular weight is 418 g/mol. The van der Waals surface area contributed by atoms with Crippen LogP contribution in [0.1, 0.15) is 5.56 Å². The predicted octanol–water partition coefficient (Wildman–Crippen LogP) is 4.39. The van der Waals surface area contributed by atoms with Crippen molar-refractivity contribution < 1.29 is 27.4 Å². The van der Waals surface area contributed by atoms with Gasteiger partial charge in [0.2, 0.25) is 0 Å². The summed E-state index contributed by atoms with van der Waals surface area (Å²) in [7, 11) is 0. The summed E-state index contributed by atoms with van der Waals surface area (Å²) < 4.78 is 51.4. The number of amides is 2. The number of halogens is 3. The summed E-state index contributed by atoms with van der Waals surface area (Å²) in [4.78, 5) is 12.1. The lowest BCUT2D eigenvalue weighted by atomic mass is 10.2. The van der Waals surface area contributed by atoms with Gasteiger partial charge in [0.25, 0.3) is 0 Å². The second kappa shape index (κ2) is 7.97. The smallest absolute Gasteiger partial charge is 0.416 e. The van der Waals surface area contributed by atoms with E-state index in [2.05, 4.69) is 15.7 Å². The van der Waals surface area contributed by atoms with Gasteiger partial charge < -0.3 is 20.1 Å². The predicted molar refractivity (Wildman–Crippen MR) is 103 cm³/mol. The maximum Gasteiger partial charge on any atom is 0.416 e. The van der Waals surface area contributed by atoms with Crippen molar-refractivity contribution in [2.45, 2.75) is 18.8 Å². The number of ether oxygens (including phenoxy) is 2. The van der Waals surface area contributed by atoms with Crippen LogP contribution in [-0.4, -0.2) is 28.5 Å². The molecule has 0 spiro atoms. The molecule has 0 fully saturated rings. The number of benzene rings is 2. The van der Waals surface area contributed by atoms with Crippen molar-refractivity contribution in [1.29, 1.82) is 0 Å². The molecule has 0 saturated heterocycles. The number of nitrogens with one attached hydrogen (secondary N) is 2. The molecule has 2 amide bonds. The van der Waals surface area contributed by atoms with Crippen molar-refractivity contribution in [3.05, 3.63) is 66.5 Å². The van der Waals surface area contributed by atoms with E-state index in [9.17, 15) is 18.0 Å². The van der Waals surface area contributed by atoms with Crippen LogP contribution in [0.3, 0.4) is 0 Å². The van der Waals surface area contributed by atoms with E-state index in [1.165, 1.54) is 18.3 Å². The highest BCUT2D eigenvalue weighted by Crippen LogP contribution is 2.32. The molecule has 1 unspecified atom stereocenters. The lowest BCUT2D eigenvalue weighted by Crippen LogP contribution is -2.33. The van der Waals surface area contributed by atoms with Crippen LogP contribution in [0, 0.1) is 0 Å². The molecule has 4 rings (SSSR count). The minimum atomic E-state index is -4.49. The van der Waals surface area contributed by atoms with E-state index in [1.54, 1.807) is 10.9 Å². The van der Waals surface area contributed by atoms with Gasteiger partial charge in [-0.2, -0.15) is 18.3 Å². The molecule has 0 radical (unpaired) electrons. The molecular weight excluding hydrogens is 401 g/mol. The number of hydrogen-bond donors (Lipinski definition) is 2. The summed E-state index contributed by atoms with van der Waals surface area (Å²) in [6.45, 7) is 0.751. The average Bonchev–Trinajstić information content (AvgIpc) is 3.14. The fourth-order valence-corrected chi connectivity index (χ4v) is 2.96. The molecule has 0 bridgehead atoms. The van der Waals surface area contributed by atoms with Crippen LogP contribution in [0.4, 0.5) is 29.3 Å². The normalized spacial score (nSPS) is 15.5. The zero-order valence-electron chi connectivity index (χ0n) is 15.5. The molecule has 1 aliphatic rings. The number of para-hydroxylation sites is 2. The molecule has 0 saturated carbocycles. The van der Waals surface area contributed by atoms with Crippen LogP contribution in [0.15, 0.2) is 60.9 Å². The van der Waals surface area contributed by atoms with Crippen molar-refractivity contribution in [1.82, 2.24) is 9.78 Å². The summed E-state index contributed by atoms with van der Waals surface area (Å²) in [6.07, 6.45) is -1.72. The van der Waals surface area contributed by atoms with Crippen LogP contribution in [0.2, 0.25) is 0 Å². The van der Waals surface area contributed by atoms with Crippen molar-refractivity contribution in [3.8, 4) is 11.5 Å². The first-order chi connectivity index (χ1) is 14.4. The number of carbonyl (C=O) groups is 1. The first-order valence-electron chi connectivity index (χ1n) is 9.03. The van der Waals surface area contributed by atoms with Crippen molar-refractivity contribution in [2.24, 2.45) is 0 Å². The fourth-order valence-electron chi connectivity index (χ4n) is 2.96. The Morgan fingerprint density at radius 3 is 2.67 bits per heavy atom. The second-order valence-electron chi connectivity index (χ2n) is 6.61.